The van der Waals surface area contributed by atoms with Crippen molar-refractivity contribution in [1.29, 1.82) is 0 Å². The minimum absolute atomic E-state index is 0.168. The summed E-state index contributed by atoms with van der Waals surface area (Å²) in [5.74, 6) is 0.677. The number of nitrogen functional groups attached to an aromatic ring is 1. The van der Waals surface area contributed by atoms with Crippen LogP contribution in [0.5, 0.6) is 6.01 Å². The van der Waals surface area contributed by atoms with Crippen LogP contribution >= 0.6 is 0 Å². The Morgan fingerprint density at radius 2 is 1.86 bits per heavy atom. The van der Waals surface area contributed by atoms with E-state index in [1.54, 1.807) is 0 Å². The van der Waals surface area contributed by atoms with Gasteiger partial charge in [-0.15, -0.1) is 0 Å². The van der Waals surface area contributed by atoms with Gasteiger partial charge in [-0.25, -0.2) is 0 Å². The molecular weight excluding hydrogens is 266 g/mol. The third-order valence-corrected chi connectivity index (χ3v) is 2.94. The number of hydrogen-bond donors (Lipinski definition) is 1. The molecule has 0 aliphatic rings. The SMILES string of the molecule is CCCOc1nc(N)nc(N(C)Cc2ccc(C)cc2)n1. The van der Waals surface area contributed by atoms with Gasteiger partial charge in [-0.3, -0.25) is 0 Å². The van der Waals surface area contributed by atoms with E-state index in [0.29, 0.717) is 19.1 Å². The van der Waals surface area contributed by atoms with E-state index in [0.717, 1.165) is 6.42 Å². The third kappa shape index (κ3) is 4.30. The first-order valence-electron chi connectivity index (χ1n) is 6.99. The monoisotopic (exact) mass is 287 g/mol. The number of aryl methyl sites for hydroxylation is 1. The Bertz CT molecular complexity index is 585. The van der Waals surface area contributed by atoms with Crippen LogP contribution in [0.2, 0.25) is 0 Å². The van der Waals surface area contributed by atoms with Crippen molar-refractivity contribution in [1.82, 2.24) is 15.0 Å². The molecule has 0 unspecified atom stereocenters. The molecule has 0 bridgehead atoms. The number of hydrogen-bond acceptors (Lipinski definition) is 6. The zero-order chi connectivity index (χ0) is 15.2. The quantitative estimate of drug-likeness (QED) is 0.877. The highest BCUT2D eigenvalue weighted by Crippen LogP contribution is 2.15. The van der Waals surface area contributed by atoms with Crippen molar-refractivity contribution in [3.05, 3.63) is 35.4 Å². The Morgan fingerprint density at radius 3 is 2.52 bits per heavy atom. The van der Waals surface area contributed by atoms with Crippen molar-refractivity contribution < 1.29 is 4.74 Å². The van der Waals surface area contributed by atoms with Crippen LogP contribution in [0.1, 0.15) is 24.5 Å². The highest BCUT2D eigenvalue weighted by atomic mass is 16.5. The number of benzene rings is 1. The number of nitrogens with two attached hydrogens (primary N) is 1. The maximum atomic E-state index is 5.71. The van der Waals surface area contributed by atoms with Crippen molar-refractivity contribution in [2.75, 3.05) is 24.3 Å². The molecule has 2 aromatic rings. The first-order chi connectivity index (χ1) is 10.1. The zero-order valence-electron chi connectivity index (χ0n) is 12.7. The van der Waals surface area contributed by atoms with Crippen LogP contribution < -0.4 is 15.4 Å². The van der Waals surface area contributed by atoms with E-state index in [1.807, 2.05) is 18.9 Å². The number of nitrogens with zero attached hydrogens (tertiary/aromatic N) is 4. The van der Waals surface area contributed by atoms with Gasteiger partial charge < -0.3 is 15.4 Å². The van der Waals surface area contributed by atoms with E-state index in [2.05, 4.69) is 46.1 Å². The number of anilines is 2. The lowest BCUT2D eigenvalue weighted by molar-refractivity contribution is 0.292. The summed E-state index contributed by atoms with van der Waals surface area (Å²) in [6, 6.07) is 8.62. The number of aromatic nitrogens is 3. The van der Waals surface area contributed by atoms with Gasteiger partial charge in [0, 0.05) is 13.6 Å². The molecule has 0 radical (unpaired) electrons. The Morgan fingerprint density at radius 1 is 1.14 bits per heavy atom. The smallest absolute Gasteiger partial charge is 0.323 e. The van der Waals surface area contributed by atoms with E-state index >= 15 is 0 Å². The lowest BCUT2D eigenvalue weighted by Crippen LogP contribution is -2.20. The maximum Gasteiger partial charge on any atom is 0.323 e. The average Bonchev–Trinajstić information content (AvgIpc) is 2.47. The summed E-state index contributed by atoms with van der Waals surface area (Å²) in [7, 11) is 1.91. The Kier molecular flexibility index (Phi) is 4.92. The van der Waals surface area contributed by atoms with Gasteiger partial charge in [0.2, 0.25) is 11.9 Å². The molecule has 1 heterocycles. The summed E-state index contributed by atoms with van der Waals surface area (Å²) >= 11 is 0. The largest absolute Gasteiger partial charge is 0.463 e. The molecule has 2 rings (SSSR count). The first kappa shape index (κ1) is 15.0. The molecular formula is C15H21N5O. The zero-order valence-corrected chi connectivity index (χ0v) is 12.7. The molecule has 0 fully saturated rings. The van der Waals surface area contributed by atoms with Gasteiger partial charge in [0.15, 0.2) is 0 Å². The minimum atomic E-state index is 0.168. The highest BCUT2D eigenvalue weighted by Gasteiger charge is 2.10. The molecule has 2 N–H and O–H groups in total. The van der Waals surface area contributed by atoms with Crippen molar-refractivity contribution in [2.24, 2.45) is 0 Å². The molecule has 0 atom stereocenters. The fourth-order valence-electron chi connectivity index (χ4n) is 1.83. The second kappa shape index (κ2) is 6.88. The summed E-state index contributed by atoms with van der Waals surface area (Å²) < 4.78 is 5.42. The Labute approximate surface area is 125 Å². The standard InChI is InChI=1S/C15H21N5O/c1-4-9-21-15-18-13(16)17-14(19-15)20(3)10-12-7-5-11(2)6-8-12/h5-8H,4,9-10H2,1-3H3,(H2,16,17,18,19). The molecule has 0 aliphatic carbocycles. The molecule has 0 aliphatic heterocycles. The molecule has 21 heavy (non-hydrogen) atoms. The summed E-state index contributed by atoms with van der Waals surface area (Å²) in [4.78, 5) is 14.3. The summed E-state index contributed by atoms with van der Waals surface area (Å²) in [6.45, 7) is 5.34. The first-order valence-corrected chi connectivity index (χ1v) is 6.99. The summed E-state index contributed by atoms with van der Waals surface area (Å²) in [5.41, 5.74) is 8.13. The van der Waals surface area contributed by atoms with Gasteiger partial charge in [0.25, 0.3) is 0 Å². The van der Waals surface area contributed by atoms with Crippen LogP contribution in [0, 0.1) is 6.92 Å². The topological polar surface area (TPSA) is 77.2 Å². The lowest BCUT2D eigenvalue weighted by Gasteiger charge is -2.17. The van der Waals surface area contributed by atoms with Crippen LogP contribution in [0.15, 0.2) is 24.3 Å². The Balaban J connectivity index is 2.12. The van der Waals surface area contributed by atoms with E-state index in [-0.39, 0.29) is 12.0 Å². The van der Waals surface area contributed by atoms with E-state index in [4.69, 9.17) is 10.5 Å². The van der Waals surface area contributed by atoms with E-state index in [9.17, 15) is 0 Å². The average molecular weight is 287 g/mol. The minimum Gasteiger partial charge on any atom is -0.463 e. The van der Waals surface area contributed by atoms with Crippen LogP contribution in [0.4, 0.5) is 11.9 Å². The van der Waals surface area contributed by atoms with Gasteiger partial charge in [0.05, 0.1) is 6.61 Å². The van der Waals surface area contributed by atoms with E-state index in [1.165, 1.54) is 11.1 Å². The van der Waals surface area contributed by atoms with Crippen molar-refractivity contribution in [3.8, 4) is 6.01 Å². The third-order valence-electron chi connectivity index (χ3n) is 2.94. The fourth-order valence-corrected chi connectivity index (χ4v) is 1.83. The van der Waals surface area contributed by atoms with Crippen LogP contribution in [0.3, 0.4) is 0 Å². The Hall–Kier alpha value is -2.37. The van der Waals surface area contributed by atoms with Crippen molar-refractivity contribution >= 4 is 11.9 Å². The molecule has 0 saturated carbocycles. The van der Waals surface area contributed by atoms with Crippen molar-refractivity contribution in [3.63, 3.8) is 0 Å². The van der Waals surface area contributed by atoms with Crippen LogP contribution in [0.25, 0.3) is 0 Å². The van der Waals surface area contributed by atoms with Crippen LogP contribution in [-0.2, 0) is 6.54 Å². The lowest BCUT2D eigenvalue weighted by atomic mass is 10.1. The number of ether oxygens (including phenoxy) is 1. The van der Waals surface area contributed by atoms with Crippen LogP contribution in [-0.4, -0.2) is 28.6 Å². The normalized spacial score (nSPS) is 10.4. The molecule has 1 aromatic carbocycles. The summed E-state index contributed by atoms with van der Waals surface area (Å²) in [5, 5.41) is 0. The molecule has 0 spiro atoms. The second-order valence-corrected chi connectivity index (χ2v) is 4.97. The van der Waals surface area contributed by atoms with Gasteiger partial charge in [-0.05, 0) is 18.9 Å². The molecule has 6 nitrogen and oxygen atoms in total. The van der Waals surface area contributed by atoms with E-state index < -0.39 is 0 Å². The molecule has 0 saturated heterocycles. The molecule has 6 heteroatoms. The molecule has 1 aromatic heterocycles. The predicted molar refractivity (Wildman–Crippen MR) is 83.3 cm³/mol. The van der Waals surface area contributed by atoms with Gasteiger partial charge in [-0.1, -0.05) is 36.8 Å². The second-order valence-electron chi connectivity index (χ2n) is 4.97. The molecule has 112 valence electrons. The fraction of sp³-hybridized carbons (Fsp3) is 0.400. The molecule has 0 amide bonds. The van der Waals surface area contributed by atoms with Gasteiger partial charge >= 0.3 is 6.01 Å². The highest BCUT2D eigenvalue weighted by molar-refractivity contribution is 5.36. The predicted octanol–water partition coefficient (Wildman–Crippen LogP) is 2.19. The van der Waals surface area contributed by atoms with Gasteiger partial charge in [0.1, 0.15) is 0 Å². The van der Waals surface area contributed by atoms with Gasteiger partial charge in [-0.2, -0.15) is 15.0 Å². The maximum absolute atomic E-state index is 5.71. The van der Waals surface area contributed by atoms with Crippen molar-refractivity contribution in [2.45, 2.75) is 26.8 Å². The number of rotatable bonds is 6. The summed E-state index contributed by atoms with van der Waals surface area (Å²) in [6.07, 6.45) is 0.889.